The van der Waals surface area contributed by atoms with E-state index >= 15 is 0 Å². The number of benzene rings is 1. The van der Waals surface area contributed by atoms with Crippen molar-refractivity contribution in [1.82, 2.24) is 5.16 Å². The maximum absolute atomic E-state index is 11.7. The lowest BCUT2D eigenvalue weighted by atomic mass is 10.0. The average molecular weight is 224 g/mol. The molecular formula is C11H10ClNO2. The molecule has 0 amide bonds. The first-order valence-electron chi connectivity index (χ1n) is 4.68. The molecule has 2 aromatic rings. The van der Waals surface area contributed by atoms with Crippen LogP contribution in [0.4, 0.5) is 0 Å². The number of aromatic nitrogens is 1. The van der Waals surface area contributed by atoms with Crippen LogP contribution in [-0.2, 0) is 0 Å². The van der Waals surface area contributed by atoms with E-state index in [1.54, 1.807) is 18.2 Å². The fraction of sp³-hybridized carbons (Fsp3) is 0.273. The fourth-order valence-corrected chi connectivity index (χ4v) is 1.52. The van der Waals surface area contributed by atoms with Gasteiger partial charge < -0.3 is 4.52 Å². The molecule has 1 aromatic carbocycles. The van der Waals surface area contributed by atoms with Gasteiger partial charge in [0.15, 0.2) is 17.1 Å². The Labute approximate surface area is 92.0 Å². The van der Waals surface area contributed by atoms with E-state index < -0.39 is 0 Å². The van der Waals surface area contributed by atoms with E-state index in [9.17, 15) is 4.79 Å². The Morgan fingerprint density at radius 2 is 2.20 bits per heavy atom. The lowest BCUT2D eigenvalue weighted by Gasteiger charge is -1.98. The van der Waals surface area contributed by atoms with Crippen LogP contribution in [0.3, 0.4) is 0 Å². The molecule has 0 saturated heterocycles. The summed E-state index contributed by atoms with van der Waals surface area (Å²) in [7, 11) is 0. The van der Waals surface area contributed by atoms with Gasteiger partial charge in [0.2, 0.25) is 0 Å². The highest BCUT2D eigenvalue weighted by atomic mass is 35.5. The summed E-state index contributed by atoms with van der Waals surface area (Å²) in [6.45, 7) is 3.66. The first kappa shape index (κ1) is 10.2. The van der Waals surface area contributed by atoms with E-state index in [2.05, 4.69) is 5.16 Å². The van der Waals surface area contributed by atoms with Crippen LogP contribution in [0, 0.1) is 5.92 Å². The molecule has 0 fully saturated rings. The number of nitrogens with zero attached hydrogens (tertiary/aromatic N) is 1. The highest BCUT2D eigenvalue weighted by Gasteiger charge is 2.18. The Kier molecular flexibility index (Phi) is 2.49. The van der Waals surface area contributed by atoms with Gasteiger partial charge in [-0.1, -0.05) is 30.6 Å². The Hall–Kier alpha value is -1.35. The van der Waals surface area contributed by atoms with E-state index in [4.69, 9.17) is 16.1 Å². The normalized spacial score (nSPS) is 11.2. The fourth-order valence-electron chi connectivity index (χ4n) is 1.36. The largest absolute Gasteiger partial charge is 0.355 e. The Bertz CT molecular complexity index is 516. The van der Waals surface area contributed by atoms with Gasteiger partial charge in [-0.05, 0) is 12.1 Å². The van der Waals surface area contributed by atoms with Gasteiger partial charge in [0.1, 0.15) is 0 Å². The number of rotatable bonds is 2. The Morgan fingerprint density at radius 3 is 2.87 bits per heavy atom. The number of ketones is 1. The second-order valence-corrected chi connectivity index (χ2v) is 4.13. The third-order valence-corrected chi connectivity index (χ3v) is 2.43. The molecule has 3 nitrogen and oxygen atoms in total. The molecule has 4 heteroatoms. The second-order valence-electron chi connectivity index (χ2n) is 3.69. The highest BCUT2D eigenvalue weighted by Crippen LogP contribution is 2.23. The van der Waals surface area contributed by atoms with Gasteiger partial charge in [-0.2, -0.15) is 0 Å². The quantitative estimate of drug-likeness (QED) is 0.734. The van der Waals surface area contributed by atoms with Crippen molar-refractivity contribution in [3.63, 3.8) is 0 Å². The maximum Gasteiger partial charge on any atom is 0.187 e. The second kappa shape index (κ2) is 3.66. The molecule has 0 radical (unpaired) electrons. The van der Waals surface area contributed by atoms with E-state index in [-0.39, 0.29) is 11.7 Å². The monoisotopic (exact) mass is 223 g/mol. The zero-order valence-corrected chi connectivity index (χ0v) is 9.21. The van der Waals surface area contributed by atoms with E-state index in [0.717, 1.165) is 5.39 Å². The Balaban J connectivity index is 2.59. The predicted octanol–water partition coefficient (Wildman–Crippen LogP) is 3.32. The highest BCUT2D eigenvalue weighted by molar-refractivity contribution is 6.31. The maximum atomic E-state index is 11.7. The van der Waals surface area contributed by atoms with Crippen LogP contribution in [-0.4, -0.2) is 10.9 Å². The molecule has 2 rings (SSSR count). The van der Waals surface area contributed by atoms with Crippen LogP contribution < -0.4 is 0 Å². The van der Waals surface area contributed by atoms with Crippen LogP contribution >= 0.6 is 11.6 Å². The van der Waals surface area contributed by atoms with E-state index in [1.807, 2.05) is 13.8 Å². The molecule has 0 unspecified atom stereocenters. The molecule has 0 aliphatic carbocycles. The summed E-state index contributed by atoms with van der Waals surface area (Å²) in [5, 5.41) is 5.07. The van der Waals surface area contributed by atoms with Crippen LogP contribution in [0.1, 0.15) is 24.3 Å². The zero-order valence-electron chi connectivity index (χ0n) is 8.45. The minimum absolute atomic E-state index is 0.0175. The van der Waals surface area contributed by atoms with Crippen molar-refractivity contribution in [3.05, 3.63) is 28.9 Å². The van der Waals surface area contributed by atoms with Crippen LogP contribution in [0.2, 0.25) is 5.02 Å². The summed E-state index contributed by atoms with van der Waals surface area (Å²) in [6, 6.07) is 5.13. The van der Waals surface area contributed by atoms with Gasteiger partial charge >= 0.3 is 0 Å². The van der Waals surface area contributed by atoms with Crippen LogP contribution in [0.25, 0.3) is 11.0 Å². The smallest absolute Gasteiger partial charge is 0.187 e. The number of Topliss-reactive ketones (excluding diaryl/α,β-unsaturated/α-hetero) is 1. The summed E-state index contributed by atoms with van der Waals surface area (Å²) < 4.78 is 5.05. The summed E-state index contributed by atoms with van der Waals surface area (Å²) in [5.41, 5.74) is 0.933. The molecule has 0 atom stereocenters. The molecular weight excluding hydrogens is 214 g/mol. The molecule has 1 heterocycles. The molecule has 1 aromatic heterocycles. The van der Waals surface area contributed by atoms with Gasteiger partial charge in [-0.3, -0.25) is 4.79 Å². The van der Waals surface area contributed by atoms with E-state index in [1.165, 1.54) is 0 Å². The van der Waals surface area contributed by atoms with Crippen molar-refractivity contribution in [3.8, 4) is 0 Å². The predicted molar refractivity (Wildman–Crippen MR) is 58.2 cm³/mol. The minimum atomic E-state index is -0.0889. The number of halogens is 1. The number of carbonyl (C=O) groups excluding carboxylic acids is 1. The first-order chi connectivity index (χ1) is 7.09. The van der Waals surface area contributed by atoms with Crippen LogP contribution in [0.15, 0.2) is 22.7 Å². The number of hydrogen-bond acceptors (Lipinski definition) is 3. The summed E-state index contributed by atoms with van der Waals surface area (Å²) in [5.74, 6) is -0.106. The lowest BCUT2D eigenvalue weighted by Crippen LogP contribution is -2.07. The van der Waals surface area contributed by atoms with Crippen molar-refractivity contribution < 1.29 is 9.32 Å². The molecule has 0 bridgehead atoms. The minimum Gasteiger partial charge on any atom is -0.355 e. The molecule has 0 aliphatic heterocycles. The average Bonchev–Trinajstić information content (AvgIpc) is 2.59. The number of carbonyl (C=O) groups is 1. The molecule has 15 heavy (non-hydrogen) atoms. The third-order valence-electron chi connectivity index (χ3n) is 2.19. The summed E-state index contributed by atoms with van der Waals surface area (Å²) in [6.07, 6.45) is 0. The molecule has 78 valence electrons. The summed E-state index contributed by atoms with van der Waals surface area (Å²) in [4.78, 5) is 11.7. The van der Waals surface area contributed by atoms with Crippen molar-refractivity contribution in [2.45, 2.75) is 13.8 Å². The number of hydrogen-bond donors (Lipinski definition) is 0. The third kappa shape index (κ3) is 1.75. The molecule has 0 aliphatic rings. The zero-order chi connectivity index (χ0) is 11.0. The first-order valence-corrected chi connectivity index (χ1v) is 5.06. The van der Waals surface area contributed by atoms with Crippen molar-refractivity contribution in [2.75, 3.05) is 0 Å². The molecule has 0 saturated carbocycles. The van der Waals surface area contributed by atoms with Crippen molar-refractivity contribution >= 4 is 28.4 Å². The SMILES string of the molecule is CC(C)C(=O)c1noc2cc(Cl)ccc12. The van der Waals surface area contributed by atoms with Gasteiger partial charge in [-0.15, -0.1) is 0 Å². The van der Waals surface area contributed by atoms with E-state index in [0.29, 0.717) is 16.3 Å². The standard InChI is InChI=1S/C11H10ClNO2/c1-6(2)11(14)10-8-4-3-7(12)5-9(8)15-13-10/h3-6H,1-2H3. The summed E-state index contributed by atoms with van der Waals surface area (Å²) >= 11 is 5.80. The topological polar surface area (TPSA) is 43.1 Å². The Morgan fingerprint density at radius 1 is 1.47 bits per heavy atom. The molecule has 0 spiro atoms. The van der Waals surface area contributed by atoms with Gasteiger partial charge in [0.05, 0.1) is 5.39 Å². The van der Waals surface area contributed by atoms with Gasteiger partial charge in [0.25, 0.3) is 0 Å². The van der Waals surface area contributed by atoms with Crippen molar-refractivity contribution in [2.24, 2.45) is 5.92 Å². The van der Waals surface area contributed by atoms with Crippen molar-refractivity contribution in [1.29, 1.82) is 0 Å². The lowest BCUT2D eigenvalue weighted by molar-refractivity contribution is 0.0932. The van der Waals surface area contributed by atoms with Gasteiger partial charge in [0, 0.05) is 17.0 Å². The number of fused-ring (bicyclic) bond motifs is 1. The molecule has 0 N–H and O–H groups in total. The van der Waals surface area contributed by atoms with Gasteiger partial charge in [-0.25, -0.2) is 0 Å². The van der Waals surface area contributed by atoms with Crippen LogP contribution in [0.5, 0.6) is 0 Å².